The van der Waals surface area contributed by atoms with Gasteiger partial charge in [0.25, 0.3) is 11.8 Å². The number of imide groups is 1. The van der Waals surface area contributed by atoms with E-state index >= 15 is 0 Å². The highest BCUT2D eigenvalue weighted by Gasteiger charge is 2.62. The Morgan fingerprint density at radius 1 is 0.825 bits per heavy atom. The fourth-order valence-corrected chi connectivity index (χ4v) is 14.0. The number of methoxy groups -OCH3 is 2. The van der Waals surface area contributed by atoms with Crippen LogP contribution in [-0.2, 0) is 61.4 Å². The van der Waals surface area contributed by atoms with Crippen molar-refractivity contribution in [3.63, 3.8) is 0 Å². The van der Waals surface area contributed by atoms with Crippen molar-refractivity contribution in [2.45, 2.75) is 230 Å². The SMILES string of the molecule is CC[C@@H](C)[C@H]1O[C@]2(C=C[C@@H]1C)C[C@@H]1C[C@@H](CC=C(C)[C@@H](O[C@H]3C[C@H](OC)[C@@H](O[C@H]4C[C@H](OC)[C@@H](ON5C(=O)c6ccccc6C5=O)[C@H](C)O4)[C@H](C)O3)[C@@H](C)C=CC=C3CO[C@@H]4[C@H](O[Si](C)(C)C(C)(C)C)C(C)=C[C@@H](C(=O)O1)[C@]34O)O2. The number of aliphatic hydroxyl groups is 1. The average Bonchev–Trinajstić information content (AvgIpc) is 4.02. The van der Waals surface area contributed by atoms with Gasteiger partial charge in [-0.15, -0.1) is 5.06 Å². The maximum absolute atomic E-state index is 14.9. The number of benzene rings is 1. The van der Waals surface area contributed by atoms with E-state index in [1.165, 1.54) is 0 Å². The Bertz CT molecular complexity index is 2560. The molecule has 442 valence electrons. The lowest BCUT2D eigenvalue weighted by Crippen LogP contribution is -2.60. The standard InChI is InChI=1S/C62H89NO16Si/c1-16-34(2)52-37(5)26-27-61(77-52)32-43-29-42(76-61)25-24-36(4)51(35(3)20-19-21-41-33-70-56-53(79-80(14,15)60(9,10)11)38(6)28-46(59(66)73-43)62(41,56)67)74-49-30-47(68-12)54(39(7)71-49)75-50-31-48(69-13)55(40(8)72-50)78-63-57(64)44-22-17-18-23-45(44)58(63)65/h17-24,26-28,34-35,37,39-40,42-43,46-56,67H,16,25,29-33H2,1-15H3/t34-,35+,37+,39+,40+,42-,43+,46+,47+,48+,49+,50+,51+,52-,53-,54+,55+,56-,61-,62-/m1/s1. The highest BCUT2D eigenvalue weighted by Crippen LogP contribution is 2.50. The molecular formula is C62H89NO16Si. The minimum absolute atomic E-state index is 0.0912. The highest BCUT2D eigenvalue weighted by molar-refractivity contribution is 6.74. The van der Waals surface area contributed by atoms with Crippen LogP contribution < -0.4 is 0 Å². The maximum atomic E-state index is 14.9. The van der Waals surface area contributed by atoms with Crippen LogP contribution in [0.5, 0.6) is 0 Å². The normalized spacial score (nSPS) is 40.2. The third-order valence-electron chi connectivity index (χ3n) is 18.7. The van der Waals surface area contributed by atoms with E-state index in [0.717, 1.165) is 22.6 Å². The molecule has 0 radical (unpaired) electrons. The van der Waals surface area contributed by atoms with Crippen molar-refractivity contribution in [3.8, 4) is 0 Å². The summed E-state index contributed by atoms with van der Waals surface area (Å²) in [6.07, 6.45) is 8.55. The molecule has 20 atom stereocenters. The molecule has 8 aliphatic rings. The number of ether oxygens (including phenoxy) is 10. The molecule has 0 saturated carbocycles. The van der Waals surface area contributed by atoms with Crippen molar-refractivity contribution < 1.29 is 76.1 Å². The van der Waals surface area contributed by atoms with Crippen molar-refractivity contribution in [2.75, 3.05) is 20.8 Å². The van der Waals surface area contributed by atoms with Gasteiger partial charge in [0, 0.05) is 51.7 Å². The maximum Gasteiger partial charge on any atom is 0.316 e. The lowest BCUT2D eigenvalue weighted by atomic mass is 9.71. The molecule has 1 aromatic rings. The van der Waals surface area contributed by atoms with Crippen molar-refractivity contribution >= 4 is 26.1 Å². The predicted octanol–water partition coefficient (Wildman–Crippen LogP) is 9.64. The van der Waals surface area contributed by atoms with E-state index in [2.05, 4.69) is 80.6 Å². The van der Waals surface area contributed by atoms with Crippen LogP contribution >= 0.6 is 0 Å². The Hall–Kier alpha value is -3.73. The Kier molecular flexibility index (Phi) is 18.3. The minimum Gasteiger partial charge on any atom is -0.462 e. The average molecular weight is 1130 g/mol. The Labute approximate surface area is 474 Å². The number of carbonyl (C=O) groups excluding carboxylic acids is 3. The molecule has 7 heterocycles. The first-order valence-electron chi connectivity index (χ1n) is 29.1. The zero-order valence-corrected chi connectivity index (χ0v) is 50.7. The molecule has 1 N–H and O–H groups in total. The summed E-state index contributed by atoms with van der Waals surface area (Å²) in [5.41, 5.74) is 1.11. The van der Waals surface area contributed by atoms with Crippen molar-refractivity contribution in [1.82, 2.24) is 5.06 Å². The van der Waals surface area contributed by atoms with Gasteiger partial charge in [0.05, 0.1) is 66.6 Å². The summed E-state index contributed by atoms with van der Waals surface area (Å²) < 4.78 is 73.1. The van der Waals surface area contributed by atoms with E-state index in [1.807, 2.05) is 44.2 Å². The summed E-state index contributed by atoms with van der Waals surface area (Å²) in [6.45, 7) is 27.3. The van der Waals surface area contributed by atoms with Crippen LogP contribution in [0.4, 0.5) is 0 Å². The fourth-order valence-electron chi connectivity index (χ4n) is 12.7. The summed E-state index contributed by atoms with van der Waals surface area (Å²) >= 11 is 0. The Balaban J connectivity index is 0.969. The molecule has 80 heavy (non-hydrogen) atoms. The molecule has 2 amide bonds. The van der Waals surface area contributed by atoms with Crippen LogP contribution in [0, 0.1) is 23.7 Å². The Morgan fingerprint density at radius 3 is 2.10 bits per heavy atom. The van der Waals surface area contributed by atoms with Gasteiger partial charge in [0.2, 0.25) is 0 Å². The summed E-state index contributed by atoms with van der Waals surface area (Å²) in [6, 6.07) is 6.61. The van der Waals surface area contributed by atoms with Crippen molar-refractivity contribution in [3.05, 3.63) is 94.6 Å². The van der Waals surface area contributed by atoms with Gasteiger partial charge in [0.15, 0.2) is 26.7 Å². The van der Waals surface area contributed by atoms with E-state index < -0.39 is 123 Å². The monoisotopic (exact) mass is 1130 g/mol. The van der Waals surface area contributed by atoms with Crippen molar-refractivity contribution in [2.24, 2.45) is 23.7 Å². The first kappa shape index (κ1) is 60.8. The number of rotatable bonds is 12. The summed E-state index contributed by atoms with van der Waals surface area (Å²) in [5.74, 6) is -3.64. The molecule has 18 heteroatoms. The molecule has 4 fully saturated rings. The number of carbonyl (C=O) groups is 3. The largest absolute Gasteiger partial charge is 0.462 e. The van der Waals surface area contributed by atoms with E-state index in [0.29, 0.717) is 31.3 Å². The van der Waals surface area contributed by atoms with Gasteiger partial charge >= 0.3 is 5.97 Å². The van der Waals surface area contributed by atoms with Gasteiger partial charge in [-0.1, -0.05) is 103 Å². The van der Waals surface area contributed by atoms with E-state index in [4.69, 9.17) is 56.6 Å². The van der Waals surface area contributed by atoms with Crippen LogP contribution in [0.15, 0.2) is 83.5 Å². The topological polar surface area (TPSA) is 185 Å². The quantitative estimate of drug-likeness (QED) is 0.0902. The van der Waals surface area contributed by atoms with Gasteiger partial charge in [0.1, 0.15) is 35.9 Å². The lowest BCUT2D eigenvalue weighted by Gasteiger charge is -2.49. The molecular weight excluding hydrogens is 1040 g/mol. The molecule has 7 aliphatic heterocycles. The van der Waals surface area contributed by atoms with Gasteiger partial charge < -0.3 is 56.9 Å². The second-order valence-corrected chi connectivity index (χ2v) is 30.1. The molecule has 0 unspecified atom stereocenters. The number of nitrogens with zero attached hydrogens (tertiary/aromatic N) is 1. The molecule has 2 bridgehead atoms. The van der Waals surface area contributed by atoms with Gasteiger partial charge in [-0.3, -0.25) is 19.2 Å². The molecule has 0 aromatic heterocycles. The summed E-state index contributed by atoms with van der Waals surface area (Å²) in [5, 5.41) is 14.0. The number of fused-ring (bicyclic) bond motifs is 3. The zero-order valence-electron chi connectivity index (χ0n) is 49.7. The van der Waals surface area contributed by atoms with Crippen LogP contribution in [-0.4, -0.2) is 154 Å². The van der Waals surface area contributed by atoms with Crippen molar-refractivity contribution in [1.29, 1.82) is 0 Å². The van der Waals surface area contributed by atoms with Crippen LogP contribution in [0.1, 0.15) is 135 Å². The second kappa shape index (κ2) is 24.1. The minimum atomic E-state index is -2.41. The second-order valence-electron chi connectivity index (χ2n) is 25.3. The third kappa shape index (κ3) is 12.0. The van der Waals surface area contributed by atoms with E-state index in [-0.39, 0.29) is 53.1 Å². The summed E-state index contributed by atoms with van der Waals surface area (Å²) in [7, 11) is 0.782. The van der Waals surface area contributed by atoms with Gasteiger partial charge in [-0.05, 0) is 93.1 Å². The lowest BCUT2D eigenvalue weighted by molar-refractivity contribution is -0.329. The molecule has 17 nitrogen and oxygen atoms in total. The van der Waals surface area contributed by atoms with E-state index in [1.54, 1.807) is 45.4 Å². The first-order valence-corrected chi connectivity index (χ1v) is 32.0. The molecule has 1 aliphatic carbocycles. The van der Waals surface area contributed by atoms with Crippen LogP contribution in [0.3, 0.4) is 0 Å². The number of hydroxylamine groups is 2. The molecule has 4 saturated heterocycles. The van der Waals surface area contributed by atoms with Crippen LogP contribution in [0.2, 0.25) is 18.1 Å². The predicted molar refractivity (Wildman–Crippen MR) is 299 cm³/mol. The van der Waals surface area contributed by atoms with E-state index in [9.17, 15) is 19.5 Å². The third-order valence-corrected chi connectivity index (χ3v) is 23.1. The van der Waals surface area contributed by atoms with Gasteiger partial charge in [-0.25, -0.2) is 0 Å². The number of amides is 2. The first-order chi connectivity index (χ1) is 37.8. The number of hydrogen-bond acceptors (Lipinski definition) is 16. The fraction of sp³-hybridized carbons (Fsp3) is 0.694. The molecule has 1 aromatic carbocycles. The zero-order chi connectivity index (χ0) is 57.8. The smallest absolute Gasteiger partial charge is 0.316 e. The Morgan fingerprint density at radius 2 is 1.46 bits per heavy atom. The van der Waals surface area contributed by atoms with Gasteiger partial charge in [-0.2, -0.15) is 0 Å². The number of esters is 1. The highest BCUT2D eigenvalue weighted by atomic mass is 28.4. The molecule has 1 spiro atoms. The number of allylic oxidation sites excluding steroid dienone is 2. The summed E-state index contributed by atoms with van der Waals surface area (Å²) in [4.78, 5) is 47.4. The molecule has 9 rings (SSSR count). The number of hydrogen-bond donors (Lipinski definition) is 1. The van der Waals surface area contributed by atoms with Crippen LogP contribution in [0.25, 0.3) is 0 Å².